The van der Waals surface area contributed by atoms with E-state index in [2.05, 4.69) is 16.0 Å². The lowest BCUT2D eigenvalue weighted by molar-refractivity contribution is -0.119. The fourth-order valence-corrected chi connectivity index (χ4v) is 2.38. The molecule has 0 saturated carbocycles. The Labute approximate surface area is 162 Å². The number of nitrogen functional groups attached to an aromatic ring is 1. The van der Waals surface area contributed by atoms with Gasteiger partial charge in [-0.1, -0.05) is 18.5 Å². The fraction of sp³-hybridized carbons (Fsp3) is 0.263. The summed E-state index contributed by atoms with van der Waals surface area (Å²) >= 11 is 5.80. The molecule has 8 heteroatoms. The first-order valence-electron chi connectivity index (χ1n) is 8.44. The molecule has 0 aromatic heterocycles. The number of hydrogen-bond donors (Lipinski definition) is 4. The van der Waals surface area contributed by atoms with Crippen LogP contribution in [0, 0.1) is 11.7 Å². The van der Waals surface area contributed by atoms with Crippen LogP contribution in [0.25, 0.3) is 0 Å². The molecule has 2 aromatic carbocycles. The van der Waals surface area contributed by atoms with E-state index in [1.165, 1.54) is 12.1 Å². The molecule has 27 heavy (non-hydrogen) atoms. The van der Waals surface area contributed by atoms with E-state index in [0.717, 1.165) is 11.8 Å². The standard InChI is InChI=1S/C19H22ClFN4O2/c1-12(10-25-19(27)16-7-4-14(22)8-17(16)21)9-24-18(26)11-23-15-5-2-13(20)3-6-15/h2-8,12,23H,9-11,22H2,1H3,(H,24,26)(H,25,27). The van der Waals surface area contributed by atoms with Crippen molar-refractivity contribution in [2.75, 3.05) is 30.7 Å². The van der Waals surface area contributed by atoms with E-state index < -0.39 is 11.7 Å². The topological polar surface area (TPSA) is 96.2 Å². The molecule has 2 aromatic rings. The molecule has 0 aliphatic rings. The summed E-state index contributed by atoms with van der Waals surface area (Å²) in [6.07, 6.45) is 0. The van der Waals surface area contributed by atoms with Crippen LogP contribution in [0.3, 0.4) is 0 Å². The Morgan fingerprint density at radius 2 is 1.78 bits per heavy atom. The Kier molecular flexibility index (Phi) is 7.43. The third-order valence-corrected chi connectivity index (χ3v) is 4.05. The molecule has 0 radical (unpaired) electrons. The molecule has 2 rings (SSSR count). The predicted octanol–water partition coefficient (Wildman–Crippen LogP) is 2.66. The first-order chi connectivity index (χ1) is 12.8. The summed E-state index contributed by atoms with van der Waals surface area (Å²) in [4.78, 5) is 23.9. The molecule has 144 valence electrons. The molecule has 0 aliphatic carbocycles. The number of carbonyl (C=O) groups excluding carboxylic acids is 2. The lowest BCUT2D eigenvalue weighted by Crippen LogP contribution is -2.37. The van der Waals surface area contributed by atoms with Gasteiger partial charge in [0.1, 0.15) is 5.82 Å². The van der Waals surface area contributed by atoms with Crippen molar-refractivity contribution in [1.82, 2.24) is 10.6 Å². The van der Waals surface area contributed by atoms with Crippen molar-refractivity contribution in [3.63, 3.8) is 0 Å². The second kappa shape index (κ2) is 9.78. The first-order valence-corrected chi connectivity index (χ1v) is 8.82. The van der Waals surface area contributed by atoms with Crippen molar-refractivity contribution in [2.45, 2.75) is 6.92 Å². The molecule has 6 nitrogen and oxygen atoms in total. The Morgan fingerprint density at radius 3 is 2.44 bits per heavy atom. The third-order valence-electron chi connectivity index (χ3n) is 3.79. The molecule has 0 heterocycles. The maximum atomic E-state index is 13.7. The Balaban J connectivity index is 1.69. The zero-order valence-electron chi connectivity index (χ0n) is 14.9. The number of rotatable bonds is 8. The normalized spacial score (nSPS) is 11.5. The number of carbonyl (C=O) groups is 2. The predicted molar refractivity (Wildman–Crippen MR) is 105 cm³/mol. The van der Waals surface area contributed by atoms with Crippen molar-refractivity contribution in [3.8, 4) is 0 Å². The number of amides is 2. The Hall–Kier alpha value is -2.80. The van der Waals surface area contributed by atoms with Crippen LogP contribution < -0.4 is 21.7 Å². The minimum Gasteiger partial charge on any atom is -0.399 e. The second-order valence-corrected chi connectivity index (χ2v) is 6.66. The lowest BCUT2D eigenvalue weighted by atomic mass is 10.1. The van der Waals surface area contributed by atoms with E-state index in [-0.39, 0.29) is 29.6 Å². The number of nitrogens with one attached hydrogen (secondary N) is 3. The zero-order chi connectivity index (χ0) is 19.8. The summed E-state index contributed by atoms with van der Waals surface area (Å²) in [5.74, 6) is -1.38. The highest BCUT2D eigenvalue weighted by Crippen LogP contribution is 2.13. The molecule has 0 aliphatic heterocycles. The van der Waals surface area contributed by atoms with Crippen LogP contribution in [-0.4, -0.2) is 31.4 Å². The first kappa shape index (κ1) is 20.5. The van der Waals surface area contributed by atoms with Crippen molar-refractivity contribution in [2.24, 2.45) is 5.92 Å². The molecule has 2 amide bonds. The highest BCUT2D eigenvalue weighted by atomic mass is 35.5. The van der Waals surface area contributed by atoms with Gasteiger partial charge in [-0.3, -0.25) is 9.59 Å². The van der Waals surface area contributed by atoms with Crippen LogP contribution in [0.2, 0.25) is 5.02 Å². The van der Waals surface area contributed by atoms with Crippen LogP contribution in [0.4, 0.5) is 15.8 Å². The molecule has 0 fully saturated rings. The van der Waals surface area contributed by atoms with Gasteiger partial charge in [-0.05, 0) is 48.4 Å². The Morgan fingerprint density at radius 1 is 1.11 bits per heavy atom. The van der Waals surface area contributed by atoms with E-state index in [1.807, 2.05) is 6.92 Å². The van der Waals surface area contributed by atoms with Gasteiger partial charge in [0.2, 0.25) is 5.91 Å². The zero-order valence-corrected chi connectivity index (χ0v) is 15.6. The van der Waals surface area contributed by atoms with E-state index >= 15 is 0 Å². The molecular weight excluding hydrogens is 371 g/mol. The molecule has 1 unspecified atom stereocenters. The van der Waals surface area contributed by atoms with E-state index in [1.54, 1.807) is 24.3 Å². The summed E-state index contributed by atoms with van der Waals surface area (Å²) in [7, 11) is 0. The third kappa shape index (κ3) is 6.79. The molecule has 0 spiro atoms. The van der Waals surface area contributed by atoms with Gasteiger partial charge in [0.15, 0.2) is 0 Å². The SMILES string of the molecule is CC(CNC(=O)CNc1ccc(Cl)cc1)CNC(=O)c1ccc(N)cc1F. The lowest BCUT2D eigenvalue weighted by Gasteiger charge is -2.14. The van der Waals surface area contributed by atoms with Gasteiger partial charge < -0.3 is 21.7 Å². The number of halogens is 2. The van der Waals surface area contributed by atoms with E-state index in [4.69, 9.17) is 17.3 Å². The van der Waals surface area contributed by atoms with Crippen LogP contribution >= 0.6 is 11.6 Å². The summed E-state index contributed by atoms with van der Waals surface area (Å²) in [5.41, 5.74) is 6.45. The number of nitrogens with two attached hydrogens (primary N) is 1. The van der Waals surface area contributed by atoms with Crippen LogP contribution in [0.1, 0.15) is 17.3 Å². The summed E-state index contributed by atoms with van der Waals surface area (Å²) < 4.78 is 13.7. The molecule has 0 bridgehead atoms. The molecule has 5 N–H and O–H groups in total. The summed E-state index contributed by atoms with van der Waals surface area (Å²) in [6, 6.07) is 10.9. The fourth-order valence-electron chi connectivity index (χ4n) is 2.25. The van der Waals surface area contributed by atoms with Gasteiger partial charge in [0.25, 0.3) is 5.91 Å². The largest absolute Gasteiger partial charge is 0.399 e. The van der Waals surface area contributed by atoms with E-state index in [9.17, 15) is 14.0 Å². The molecule has 1 atom stereocenters. The van der Waals surface area contributed by atoms with E-state index in [0.29, 0.717) is 18.1 Å². The van der Waals surface area contributed by atoms with Gasteiger partial charge >= 0.3 is 0 Å². The minimum atomic E-state index is -0.665. The van der Waals surface area contributed by atoms with Crippen molar-refractivity contribution >= 4 is 34.8 Å². The van der Waals surface area contributed by atoms with Crippen LogP contribution in [-0.2, 0) is 4.79 Å². The van der Waals surface area contributed by atoms with Crippen molar-refractivity contribution < 1.29 is 14.0 Å². The van der Waals surface area contributed by atoms with Gasteiger partial charge in [-0.15, -0.1) is 0 Å². The van der Waals surface area contributed by atoms with Gasteiger partial charge in [0, 0.05) is 29.5 Å². The second-order valence-electron chi connectivity index (χ2n) is 6.22. The van der Waals surface area contributed by atoms with Crippen LogP contribution in [0.5, 0.6) is 0 Å². The summed E-state index contributed by atoms with van der Waals surface area (Å²) in [5, 5.41) is 9.03. The highest BCUT2D eigenvalue weighted by molar-refractivity contribution is 6.30. The maximum Gasteiger partial charge on any atom is 0.254 e. The Bertz CT molecular complexity index is 799. The monoisotopic (exact) mass is 392 g/mol. The average molecular weight is 393 g/mol. The van der Waals surface area contributed by atoms with Gasteiger partial charge in [-0.2, -0.15) is 0 Å². The highest BCUT2D eigenvalue weighted by Gasteiger charge is 2.13. The number of hydrogen-bond acceptors (Lipinski definition) is 4. The van der Waals surface area contributed by atoms with Crippen molar-refractivity contribution in [3.05, 3.63) is 58.9 Å². The summed E-state index contributed by atoms with van der Waals surface area (Å²) in [6.45, 7) is 2.67. The molecular formula is C19H22ClFN4O2. The molecule has 0 saturated heterocycles. The van der Waals surface area contributed by atoms with Gasteiger partial charge in [-0.25, -0.2) is 4.39 Å². The maximum absolute atomic E-state index is 13.7. The number of anilines is 2. The van der Waals surface area contributed by atoms with Gasteiger partial charge in [0.05, 0.1) is 12.1 Å². The number of benzene rings is 2. The van der Waals surface area contributed by atoms with Crippen LogP contribution in [0.15, 0.2) is 42.5 Å². The minimum absolute atomic E-state index is 0.0229. The quantitative estimate of drug-likeness (QED) is 0.519. The average Bonchev–Trinajstić information content (AvgIpc) is 2.64. The van der Waals surface area contributed by atoms with Crippen molar-refractivity contribution in [1.29, 1.82) is 0 Å². The smallest absolute Gasteiger partial charge is 0.254 e.